The molecule has 3 nitrogen and oxygen atoms in total. The number of aliphatic hydroxyl groups is 1. The van der Waals surface area contributed by atoms with Crippen LogP contribution in [0.1, 0.15) is 6.42 Å². The highest BCUT2D eigenvalue weighted by Crippen LogP contribution is 2.31. The van der Waals surface area contributed by atoms with Crippen LogP contribution in [0.4, 0.5) is 0 Å². The maximum absolute atomic E-state index is 10.5. The smallest absolute Gasteiger partial charge is 0.243 e. The molecule has 1 aliphatic rings. The van der Waals surface area contributed by atoms with Crippen LogP contribution < -0.4 is 10.5 Å². The molecular weight excluding hydrogens is 377 g/mol. The summed E-state index contributed by atoms with van der Waals surface area (Å²) >= 11 is 2.17. The van der Waals surface area contributed by atoms with E-state index < -0.39 is 5.79 Å². The molecule has 3 N–H and O–H groups in total. The standard InChI is InChI=1S/C14H16INO2.ClH/c15-13-10-11(7-9-16)6-8-14(13,17)18-12-4-2-1-3-5-12;/h1-6,8,10,13,17H,7,9,16H2;1H. The van der Waals surface area contributed by atoms with Gasteiger partial charge in [-0.05, 0) is 36.7 Å². The Morgan fingerprint density at radius 3 is 2.58 bits per heavy atom. The van der Waals surface area contributed by atoms with Gasteiger partial charge in [-0.3, -0.25) is 0 Å². The Morgan fingerprint density at radius 2 is 2.00 bits per heavy atom. The number of hydrogen-bond donors (Lipinski definition) is 2. The Bertz CT molecular complexity index is 464. The molecular formula is C14H17ClINO2. The van der Waals surface area contributed by atoms with Gasteiger partial charge in [0.2, 0.25) is 5.79 Å². The molecule has 0 aliphatic heterocycles. The number of ether oxygens (including phenoxy) is 1. The fourth-order valence-electron chi connectivity index (χ4n) is 1.78. The Kier molecular flexibility index (Phi) is 6.32. The Morgan fingerprint density at radius 1 is 1.32 bits per heavy atom. The molecule has 1 aromatic carbocycles. The van der Waals surface area contributed by atoms with E-state index in [0.29, 0.717) is 12.3 Å². The van der Waals surface area contributed by atoms with Crippen molar-refractivity contribution in [3.63, 3.8) is 0 Å². The molecule has 0 radical (unpaired) electrons. The van der Waals surface area contributed by atoms with Gasteiger partial charge in [0.05, 0.1) is 3.92 Å². The third-order valence-electron chi connectivity index (χ3n) is 2.75. The van der Waals surface area contributed by atoms with Gasteiger partial charge >= 0.3 is 0 Å². The van der Waals surface area contributed by atoms with Crippen LogP contribution in [0.3, 0.4) is 0 Å². The Labute approximate surface area is 133 Å². The molecule has 0 fully saturated rings. The third kappa shape index (κ3) is 4.21. The first kappa shape index (κ1) is 16.5. The minimum absolute atomic E-state index is 0. The summed E-state index contributed by atoms with van der Waals surface area (Å²) in [5, 5.41) is 10.5. The van der Waals surface area contributed by atoms with Crippen LogP contribution in [0, 0.1) is 0 Å². The molecule has 1 aromatic rings. The lowest BCUT2D eigenvalue weighted by atomic mass is 10.00. The first-order valence-corrected chi connectivity index (χ1v) is 7.09. The van der Waals surface area contributed by atoms with E-state index in [0.717, 1.165) is 12.0 Å². The molecule has 0 bridgehead atoms. The van der Waals surface area contributed by atoms with E-state index in [4.69, 9.17) is 10.5 Å². The van der Waals surface area contributed by atoms with E-state index in [1.807, 2.05) is 42.5 Å². The number of alkyl halides is 1. The lowest BCUT2D eigenvalue weighted by Gasteiger charge is -2.32. The molecule has 2 atom stereocenters. The summed E-state index contributed by atoms with van der Waals surface area (Å²) in [6, 6.07) is 9.32. The highest BCUT2D eigenvalue weighted by molar-refractivity contribution is 14.1. The van der Waals surface area contributed by atoms with Crippen molar-refractivity contribution < 1.29 is 9.84 Å². The molecule has 0 amide bonds. The lowest BCUT2D eigenvalue weighted by Crippen LogP contribution is -2.43. The van der Waals surface area contributed by atoms with Crippen LogP contribution >= 0.6 is 35.0 Å². The van der Waals surface area contributed by atoms with Crippen molar-refractivity contribution >= 4 is 35.0 Å². The molecule has 2 rings (SSSR count). The first-order valence-electron chi connectivity index (χ1n) is 5.84. The maximum atomic E-state index is 10.5. The zero-order valence-corrected chi connectivity index (χ0v) is 13.3. The second-order valence-corrected chi connectivity index (χ2v) is 5.52. The van der Waals surface area contributed by atoms with Crippen molar-refractivity contribution in [1.82, 2.24) is 0 Å². The van der Waals surface area contributed by atoms with Crippen LogP contribution in [0.2, 0.25) is 0 Å². The highest BCUT2D eigenvalue weighted by atomic mass is 127. The van der Waals surface area contributed by atoms with Gasteiger partial charge in [-0.25, -0.2) is 0 Å². The topological polar surface area (TPSA) is 55.5 Å². The first-order chi connectivity index (χ1) is 8.64. The zero-order valence-electron chi connectivity index (χ0n) is 10.3. The quantitative estimate of drug-likeness (QED) is 0.470. The molecule has 0 aromatic heterocycles. The summed E-state index contributed by atoms with van der Waals surface area (Å²) in [5.74, 6) is -0.637. The second kappa shape index (κ2) is 7.28. The molecule has 104 valence electrons. The van der Waals surface area contributed by atoms with E-state index >= 15 is 0 Å². The Balaban J connectivity index is 0.00000180. The molecule has 0 spiro atoms. The third-order valence-corrected chi connectivity index (χ3v) is 4.00. The maximum Gasteiger partial charge on any atom is 0.243 e. The van der Waals surface area contributed by atoms with Crippen LogP contribution in [0.25, 0.3) is 0 Å². The SMILES string of the molecule is Cl.NCCC1=CC(I)C(O)(Oc2ccccc2)C=C1. The summed E-state index contributed by atoms with van der Waals surface area (Å²) in [6.45, 7) is 0.609. The van der Waals surface area contributed by atoms with Gasteiger partial charge in [0.25, 0.3) is 0 Å². The summed E-state index contributed by atoms with van der Waals surface area (Å²) in [7, 11) is 0. The summed E-state index contributed by atoms with van der Waals surface area (Å²) in [5.41, 5.74) is 6.66. The largest absolute Gasteiger partial charge is 0.457 e. The molecule has 2 unspecified atom stereocenters. The van der Waals surface area contributed by atoms with Crippen LogP contribution in [0.15, 0.2) is 54.1 Å². The number of hydrogen-bond acceptors (Lipinski definition) is 3. The number of para-hydroxylation sites is 1. The van der Waals surface area contributed by atoms with Gasteiger partial charge in [-0.1, -0.05) is 52.9 Å². The van der Waals surface area contributed by atoms with Crippen LogP contribution in [0.5, 0.6) is 5.75 Å². The number of nitrogens with two attached hydrogens (primary N) is 1. The Hall–Kier alpha value is -0.560. The van der Waals surface area contributed by atoms with Crippen molar-refractivity contribution in [1.29, 1.82) is 0 Å². The van der Waals surface area contributed by atoms with Crippen molar-refractivity contribution in [3.05, 3.63) is 54.1 Å². The van der Waals surface area contributed by atoms with Crippen molar-refractivity contribution in [2.24, 2.45) is 5.73 Å². The molecule has 19 heavy (non-hydrogen) atoms. The van der Waals surface area contributed by atoms with Gasteiger partial charge in [-0.15, -0.1) is 12.4 Å². The lowest BCUT2D eigenvalue weighted by molar-refractivity contribution is -0.0844. The van der Waals surface area contributed by atoms with E-state index in [9.17, 15) is 5.11 Å². The normalized spacial score (nSPS) is 25.4. The molecule has 0 saturated heterocycles. The van der Waals surface area contributed by atoms with Gasteiger partial charge in [0, 0.05) is 0 Å². The van der Waals surface area contributed by atoms with Crippen LogP contribution in [-0.4, -0.2) is 21.4 Å². The van der Waals surface area contributed by atoms with Crippen molar-refractivity contribution in [2.75, 3.05) is 6.54 Å². The fourth-order valence-corrected chi connectivity index (χ4v) is 2.58. The van der Waals surface area contributed by atoms with Crippen LogP contribution in [-0.2, 0) is 0 Å². The number of halogens is 2. The molecule has 5 heteroatoms. The highest BCUT2D eigenvalue weighted by Gasteiger charge is 2.36. The van der Waals surface area contributed by atoms with Gasteiger partial charge in [0.15, 0.2) is 0 Å². The van der Waals surface area contributed by atoms with E-state index in [1.165, 1.54) is 0 Å². The molecule has 0 saturated carbocycles. The predicted molar refractivity (Wildman–Crippen MR) is 88.0 cm³/mol. The number of benzene rings is 1. The van der Waals surface area contributed by atoms with Gasteiger partial charge in [-0.2, -0.15) is 0 Å². The van der Waals surface area contributed by atoms with Crippen molar-refractivity contribution in [2.45, 2.75) is 16.1 Å². The van der Waals surface area contributed by atoms with E-state index in [2.05, 4.69) is 22.6 Å². The predicted octanol–water partition coefficient (Wildman–Crippen LogP) is 2.82. The summed E-state index contributed by atoms with van der Waals surface area (Å²) in [6.07, 6.45) is 6.39. The number of allylic oxidation sites excluding steroid dienone is 1. The summed E-state index contributed by atoms with van der Waals surface area (Å²) in [4.78, 5) is 0. The average Bonchev–Trinajstić information content (AvgIpc) is 2.36. The molecule has 1 aliphatic carbocycles. The van der Waals surface area contributed by atoms with E-state index in [1.54, 1.807) is 6.08 Å². The number of rotatable bonds is 4. The van der Waals surface area contributed by atoms with Crippen molar-refractivity contribution in [3.8, 4) is 5.75 Å². The second-order valence-electron chi connectivity index (χ2n) is 4.18. The summed E-state index contributed by atoms with van der Waals surface area (Å²) < 4.78 is 5.53. The average molecular weight is 394 g/mol. The minimum Gasteiger partial charge on any atom is -0.457 e. The minimum atomic E-state index is -1.29. The fraction of sp³-hybridized carbons (Fsp3) is 0.286. The van der Waals surface area contributed by atoms with Gasteiger partial charge in [0.1, 0.15) is 5.75 Å². The molecule has 0 heterocycles. The van der Waals surface area contributed by atoms with E-state index in [-0.39, 0.29) is 16.3 Å². The monoisotopic (exact) mass is 393 g/mol. The zero-order chi connectivity index (χ0) is 13.0. The van der Waals surface area contributed by atoms with Gasteiger partial charge < -0.3 is 15.6 Å².